The van der Waals surface area contributed by atoms with Gasteiger partial charge < -0.3 is 39.0 Å². The Morgan fingerprint density at radius 2 is 1.23 bits per heavy atom. The van der Waals surface area contributed by atoms with E-state index < -0.39 is 14.7 Å². The van der Waals surface area contributed by atoms with Crippen LogP contribution in [0, 0.1) is 23.7 Å². The number of pyridine rings is 1. The van der Waals surface area contributed by atoms with Crippen LogP contribution < -0.4 is 35.3 Å². The van der Waals surface area contributed by atoms with Crippen molar-refractivity contribution in [2.24, 2.45) is 0 Å². The molecule has 13 nitrogen and oxygen atoms in total. The number of hydrogen-bond donors (Lipinski definition) is 2. The highest BCUT2D eigenvalue weighted by Crippen LogP contribution is 2.51. The van der Waals surface area contributed by atoms with Crippen LogP contribution >= 0.6 is 14.7 Å². The van der Waals surface area contributed by atoms with Gasteiger partial charge in [0.2, 0.25) is 14.7 Å². The molecule has 0 bridgehead atoms. The quantitative estimate of drug-likeness (QED) is 0.0990. The molecule has 2 aliphatic heterocycles. The number of allylic oxidation sites excluding steroid dienone is 2. The average Bonchev–Trinajstić information content (AvgIpc) is 3.40. The van der Waals surface area contributed by atoms with Crippen LogP contribution in [0.25, 0.3) is 0 Å². The van der Waals surface area contributed by atoms with Crippen molar-refractivity contribution >= 4 is 31.5 Å². The number of aromatic nitrogens is 1. The van der Waals surface area contributed by atoms with Crippen LogP contribution in [0.15, 0.2) is 71.7 Å². The highest BCUT2D eigenvalue weighted by molar-refractivity contribution is 7.66. The molecule has 3 heterocycles. The van der Waals surface area contributed by atoms with Gasteiger partial charge in [0.05, 0.1) is 56.0 Å². The van der Waals surface area contributed by atoms with Crippen molar-refractivity contribution in [3.05, 3.63) is 94.1 Å². The summed E-state index contributed by atoms with van der Waals surface area (Å²) >= 11 is 0. The molecule has 2 aliphatic rings. The van der Waals surface area contributed by atoms with Gasteiger partial charge in [0, 0.05) is 114 Å². The molecule has 15 heteroatoms. The average molecular weight is 928 g/mol. The zero-order valence-electron chi connectivity index (χ0n) is 40.3. The van der Waals surface area contributed by atoms with Crippen molar-refractivity contribution in [1.29, 1.82) is 0 Å². The summed E-state index contributed by atoms with van der Waals surface area (Å²) < 4.78 is 50.6. The lowest BCUT2D eigenvalue weighted by Crippen LogP contribution is -2.44. The second-order valence-electron chi connectivity index (χ2n) is 16.1. The molecule has 3 atom stereocenters. The van der Waals surface area contributed by atoms with Crippen molar-refractivity contribution in [3.8, 4) is 35.2 Å². The van der Waals surface area contributed by atoms with Crippen LogP contribution in [0.4, 0.5) is 11.4 Å². The number of methoxy groups -OCH3 is 2. The van der Waals surface area contributed by atoms with Gasteiger partial charge in [0.15, 0.2) is 0 Å². The molecule has 1 aromatic heterocycles. The molecule has 65 heavy (non-hydrogen) atoms. The molecule has 5 rings (SSSR count). The second kappa shape index (κ2) is 24.8. The van der Waals surface area contributed by atoms with E-state index in [1.165, 1.54) is 0 Å². The second-order valence-corrected chi connectivity index (χ2v) is 20.9. The standard InChI is InChI=1S/C50H71N7O6P2/c1-11-56(12-2)45-33-39(21-23-47(45)60-7)17-19-41-31-43(52-49(35-41)64(9,58)62-15-5)37-54-27-25-51-26-28-55(30-29-54)38-44-32-42(36-50(53-44)65(10,59)63-16-6)20-18-40-22-24-48(61-8)46(34-40)57(13-3)14-4/h21-24,31-36,43,51-52H,11-16,25-30,37-38H2,1-10H3. The Morgan fingerprint density at radius 1 is 0.692 bits per heavy atom. The first kappa shape index (κ1) is 51.4. The van der Waals surface area contributed by atoms with Crippen molar-refractivity contribution in [2.45, 2.75) is 54.1 Å². The smallest absolute Gasteiger partial charge is 0.247 e. The molecule has 1 fully saturated rings. The van der Waals surface area contributed by atoms with Gasteiger partial charge in [-0.1, -0.05) is 23.7 Å². The zero-order valence-corrected chi connectivity index (χ0v) is 42.1. The summed E-state index contributed by atoms with van der Waals surface area (Å²) in [7, 11) is -2.97. The highest BCUT2D eigenvalue weighted by Gasteiger charge is 2.29. The Hall–Kier alpha value is -4.55. The largest absolute Gasteiger partial charge is 0.495 e. The minimum atomic E-state index is -3.21. The van der Waals surface area contributed by atoms with E-state index in [1.807, 2.05) is 50.3 Å². The van der Waals surface area contributed by atoms with Gasteiger partial charge in [0.1, 0.15) is 16.9 Å². The molecule has 0 spiro atoms. The Labute approximate surface area is 389 Å². The molecule has 1 saturated heterocycles. The van der Waals surface area contributed by atoms with Gasteiger partial charge in [-0.25, -0.2) is 4.98 Å². The SMILES string of the molecule is CCOP(C)(=O)C1=CC(C#Cc2ccc(OC)c(N(CC)CC)c2)=CC(CN2CCNCCN(Cc3cc(C#Cc4ccc(OC)c(N(CC)CC)c4)cc(P(C)(=O)OCC)n3)CC2)N1. The van der Waals surface area contributed by atoms with Gasteiger partial charge in [-0.2, -0.15) is 0 Å². The van der Waals surface area contributed by atoms with Crippen LogP contribution in [-0.2, 0) is 24.7 Å². The fourth-order valence-electron chi connectivity index (χ4n) is 8.06. The fourth-order valence-corrected chi connectivity index (χ4v) is 10.8. The number of nitrogens with zero attached hydrogens (tertiary/aromatic N) is 5. The lowest BCUT2D eigenvalue weighted by Gasteiger charge is -2.32. The Morgan fingerprint density at radius 3 is 1.80 bits per heavy atom. The maximum absolute atomic E-state index is 13.9. The molecular weight excluding hydrogens is 857 g/mol. The van der Waals surface area contributed by atoms with E-state index in [0.29, 0.717) is 37.2 Å². The van der Waals surface area contributed by atoms with Gasteiger partial charge in [-0.05, 0) is 102 Å². The van der Waals surface area contributed by atoms with Crippen LogP contribution in [0.5, 0.6) is 11.5 Å². The van der Waals surface area contributed by atoms with Crippen LogP contribution in [0.2, 0.25) is 0 Å². The summed E-state index contributed by atoms with van der Waals surface area (Å²) in [6, 6.07) is 15.6. The molecule has 352 valence electrons. The number of rotatable bonds is 18. The number of dihydropyridines is 1. The van der Waals surface area contributed by atoms with Crippen molar-refractivity contribution in [1.82, 2.24) is 25.4 Å². The minimum absolute atomic E-state index is 0.158. The van der Waals surface area contributed by atoms with E-state index in [4.69, 9.17) is 23.5 Å². The summed E-state index contributed by atoms with van der Waals surface area (Å²) in [6.45, 7) is 25.6. The van der Waals surface area contributed by atoms with Crippen LogP contribution in [-0.4, -0.2) is 134 Å². The van der Waals surface area contributed by atoms with Gasteiger partial charge in [0.25, 0.3) is 0 Å². The summed E-state index contributed by atoms with van der Waals surface area (Å²) in [5.74, 6) is 15.1. The number of anilines is 2. The molecule has 2 aromatic carbocycles. The third kappa shape index (κ3) is 14.5. The molecule has 0 saturated carbocycles. The van der Waals surface area contributed by atoms with E-state index in [1.54, 1.807) is 33.6 Å². The molecule has 0 radical (unpaired) electrons. The van der Waals surface area contributed by atoms with Gasteiger partial charge in [-0.3, -0.25) is 18.9 Å². The predicted molar refractivity (Wildman–Crippen MR) is 268 cm³/mol. The van der Waals surface area contributed by atoms with Gasteiger partial charge >= 0.3 is 0 Å². The number of benzene rings is 2. The highest BCUT2D eigenvalue weighted by atomic mass is 31.2. The van der Waals surface area contributed by atoms with E-state index >= 15 is 0 Å². The number of ether oxygens (including phenoxy) is 2. The topological polar surface area (TPSA) is 121 Å². The van der Waals surface area contributed by atoms with Crippen molar-refractivity contribution < 1.29 is 27.7 Å². The Balaban J connectivity index is 1.39. The Bertz CT molecular complexity index is 2360. The Kier molecular flexibility index (Phi) is 19.6. The fraction of sp³-hybridized carbons (Fsp3) is 0.500. The molecule has 0 amide bonds. The van der Waals surface area contributed by atoms with Gasteiger partial charge in [-0.15, -0.1) is 0 Å². The molecule has 0 aliphatic carbocycles. The predicted octanol–water partition coefficient (Wildman–Crippen LogP) is 7.20. The maximum atomic E-state index is 13.9. The minimum Gasteiger partial charge on any atom is -0.495 e. The van der Waals surface area contributed by atoms with Crippen molar-refractivity contribution in [3.63, 3.8) is 0 Å². The molecule has 3 aromatic rings. The summed E-state index contributed by atoms with van der Waals surface area (Å²) in [5, 5.41) is 7.17. The van der Waals surface area contributed by atoms with E-state index in [-0.39, 0.29) is 6.04 Å². The third-order valence-electron chi connectivity index (χ3n) is 11.5. The van der Waals surface area contributed by atoms with Crippen molar-refractivity contribution in [2.75, 3.05) is 123 Å². The van der Waals surface area contributed by atoms with Crippen LogP contribution in [0.1, 0.15) is 63.9 Å². The van der Waals surface area contributed by atoms with Crippen LogP contribution in [0.3, 0.4) is 0 Å². The third-order valence-corrected chi connectivity index (χ3v) is 15.2. The van der Waals surface area contributed by atoms with E-state index in [0.717, 1.165) is 116 Å². The van der Waals surface area contributed by atoms with E-state index in [9.17, 15) is 9.13 Å². The first-order valence-corrected chi connectivity index (χ1v) is 27.2. The molecular formula is C50H71N7O6P2. The molecule has 3 unspecified atom stereocenters. The lowest BCUT2D eigenvalue weighted by molar-refractivity contribution is 0.207. The first-order valence-electron chi connectivity index (χ1n) is 23.0. The zero-order chi connectivity index (χ0) is 47.0. The monoisotopic (exact) mass is 927 g/mol. The summed E-state index contributed by atoms with van der Waals surface area (Å²) in [6.07, 6.45) is 4.00. The summed E-state index contributed by atoms with van der Waals surface area (Å²) in [4.78, 5) is 14.2. The number of hydrogen-bond acceptors (Lipinski definition) is 13. The normalized spacial score (nSPS) is 17.7. The molecule has 2 N–H and O–H groups in total. The first-order chi connectivity index (χ1) is 31.3. The maximum Gasteiger partial charge on any atom is 0.247 e. The lowest BCUT2D eigenvalue weighted by atomic mass is 10.1. The number of nitrogens with one attached hydrogen (secondary N) is 2. The summed E-state index contributed by atoms with van der Waals surface area (Å²) in [5.41, 5.74) is 7.01. The van der Waals surface area contributed by atoms with E-state index in [2.05, 4.69) is 99.8 Å².